The molecule has 0 unspecified atom stereocenters. The summed E-state index contributed by atoms with van der Waals surface area (Å²) in [6.07, 6.45) is 6.04. The zero-order valence-corrected chi connectivity index (χ0v) is 19.5. The van der Waals surface area contributed by atoms with Crippen molar-refractivity contribution in [3.63, 3.8) is 0 Å². The van der Waals surface area contributed by atoms with Crippen molar-refractivity contribution >= 4 is 22.5 Å². The Morgan fingerprint density at radius 3 is 2.56 bits per heavy atom. The molecule has 8 heteroatoms. The Bertz CT molecular complexity index is 985. The van der Waals surface area contributed by atoms with E-state index in [1.165, 1.54) is 6.42 Å². The number of anilines is 1. The van der Waals surface area contributed by atoms with Crippen LogP contribution in [-0.2, 0) is 4.79 Å². The topological polar surface area (TPSA) is 57.4 Å². The number of benzene rings is 1. The SMILES string of the molecule is O=C(Nc1c[nH]c2ccc(OCC[C@@H]3C[C@@H]4CN(CC(F)(F)F)C[C@@H]4C3)cc12)C1CCCCC1. The van der Waals surface area contributed by atoms with Gasteiger partial charge in [-0.15, -0.1) is 0 Å². The van der Waals surface area contributed by atoms with Gasteiger partial charge in [0, 0.05) is 36.1 Å². The molecule has 1 amide bonds. The van der Waals surface area contributed by atoms with E-state index in [1.807, 2.05) is 24.4 Å². The summed E-state index contributed by atoms with van der Waals surface area (Å²) in [6, 6.07) is 5.88. The fraction of sp³-hybridized carbons (Fsp3) is 0.654. The highest BCUT2D eigenvalue weighted by atomic mass is 19.4. The zero-order chi connectivity index (χ0) is 23.7. The molecule has 3 aliphatic rings. The van der Waals surface area contributed by atoms with Crippen molar-refractivity contribution in [3.05, 3.63) is 24.4 Å². The van der Waals surface area contributed by atoms with Crippen LogP contribution in [-0.4, -0.2) is 48.2 Å². The number of amides is 1. The summed E-state index contributed by atoms with van der Waals surface area (Å²) in [5.41, 5.74) is 1.75. The molecule has 0 radical (unpaired) electrons. The van der Waals surface area contributed by atoms with Crippen LogP contribution in [0.5, 0.6) is 5.75 Å². The Morgan fingerprint density at radius 1 is 1.12 bits per heavy atom. The number of aromatic amines is 1. The molecule has 1 aromatic carbocycles. The van der Waals surface area contributed by atoms with E-state index in [0.29, 0.717) is 37.5 Å². The van der Waals surface area contributed by atoms with E-state index in [2.05, 4.69) is 10.3 Å². The Labute approximate surface area is 198 Å². The lowest BCUT2D eigenvalue weighted by atomic mass is 9.88. The molecule has 1 saturated heterocycles. The average Bonchev–Trinajstić information content (AvgIpc) is 3.46. The number of nitrogens with zero attached hydrogens (tertiary/aromatic N) is 1. The van der Waals surface area contributed by atoms with Crippen molar-refractivity contribution in [2.45, 2.75) is 57.5 Å². The van der Waals surface area contributed by atoms with Crippen LogP contribution in [0.15, 0.2) is 24.4 Å². The molecule has 3 atom stereocenters. The van der Waals surface area contributed by atoms with Crippen molar-refractivity contribution in [1.29, 1.82) is 0 Å². The summed E-state index contributed by atoms with van der Waals surface area (Å²) >= 11 is 0. The minimum Gasteiger partial charge on any atom is -0.494 e. The molecule has 34 heavy (non-hydrogen) atoms. The summed E-state index contributed by atoms with van der Waals surface area (Å²) in [6.45, 7) is 0.955. The second kappa shape index (κ2) is 9.80. The lowest BCUT2D eigenvalue weighted by molar-refractivity contribution is -0.144. The van der Waals surface area contributed by atoms with Crippen LogP contribution in [0.2, 0.25) is 0 Å². The number of aromatic nitrogens is 1. The van der Waals surface area contributed by atoms with E-state index < -0.39 is 12.7 Å². The first-order chi connectivity index (χ1) is 16.3. The van der Waals surface area contributed by atoms with Crippen LogP contribution in [0.3, 0.4) is 0 Å². The maximum atomic E-state index is 12.7. The number of hydrogen-bond acceptors (Lipinski definition) is 3. The number of carbonyl (C=O) groups excluding carboxylic acids is 1. The number of likely N-dealkylation sites (tertiary alicyclic amines) is 1. The molecule has 1 aromatic heterocycles. The first-order valence-corrected chi connectivity index (χ1v) is 12.7. The van der Waals surface area contributed by atoms with Gasteiger partial charge in [0.05, 0.1) is 18.8 Å². The van der Waals surface area contributed by atoms with Crippen LogP contribution in [0, 0.1) is 23.7 Å². The maximum Gasteiger partial charge on any atom is 0.401 e. The van der Waals surface area contributed by atoms with Crippen LogP contribution in [0.25, 0.3) is 10.9 Å². The lowest BCUT2D eigenvalue weighted by Crippen LogP contribution is -2.33. The number of halogens is 3. The molecule has 1 aliphatic heterocycles. The molecule has 5 nitrogen and oxygen atoms in total. The van der Waals surface area contributed by atoms with E-state index in [0.717, 1.165) is 67.3 Å². The first kappa shape index (κ1) is 23.5. The Hall–Kier alpha value is -2.22. The van der Waals surface area contributed by atoms with Gasteiger partial charge >= 0.3 is 6.18 Å². The summed E-state index contributed by atoms with van der Waals surface area (Å²) < 4.78 is 44.0. The molecule has 186 valence electrons. The van der Waals surface area contributed by atoms with Gasteiger partial charge in [0.1, 0.15) is 5.75 Å². The number of carbonyl (C=O) groups is 1. The molecular formula is C26H34F3N3O2. The number of nitrogens with one attached hydrogen (secondary N) is 2. The molecule has 0 bridgehead atoms. The number of H-pyrrole nitrogens is 1. The Balaban J connectivity index is 1.11. The molecule has 2 heterocycles. The Kier molecular flexibility index (Phi) is 6.78. The molecule has 2 saturated carbocycles. The van der Waals surface area contributed by atoms with Crippen molar-refractivity contribution in [2.24, 2.45) is 23.7 Å². The molecular weight excluding hydrogens is 443 g/mol. The summed E-state index contributed by atoms with van der Waals surface area (Å²) in [7, 11) is 0. The Morgan fingerprint density at radius 2 is 1.85 bits per heavy atom. The van der Waals surface area contributed by atoms with Gasteiger partial charge in [-0.25, -0.2) is 0 Å². The first-order valence-electron chi connectivity index (χ1n) is 12.7. The van der Waals surface area contributed by atoms with Crippen LogP contribution in [0.4, 0.5) is 18.9 Å². The van der Waals surface area contributed by atoms with Gasteiger partial charge in [0.25, 0.3) is 0 Å². The number of alkyl halides is 3. The van der Waals surface area contributed by atoms with Gasteiger partial charge in [-0.2, -0.15) is 13.2 Å². The molecule has 2 aliphatic carbocycles. The van der Waals surface area contributed by atoms with Gasteiger partial charge in [0.2, 0.25) is 5.91 Å². The van der Waals surface area contributed by atoms with Crippen molar-refractivity contribution in [1.82, 2.24) is 9.88 Å². The molecule has 2 N–H and O–H groups in total. The maximum absolute atomic E-state index is 12.7. The predicted octanol–water partition coefficient (Wildman–Crippen LogP) is 5.98. The van der Waals surface area contributed by atoms with Crippen molar-refractivity contribution in [2.75, 3.05) is 31.6 Å². The molecule has 2 aromatic rings. The van der Waals surface area contributed by atoms with Gasteiger partial charge in [-0.05, 0) is 68.1 Å². The van der Waals surface area contributed by atoms with Crippen molar-refractivity contribution in [3.8, 4) is 5.75 Å². The minimum absolute atomic E-state index is 0.101. The fourth-order valence-electron chi connectivity index (χ4n) is 6.38. The van der Waals surface area contributed by atoms with E-state index in [4.69, 9.17) is 4.74 Å². The highest BCUT2D eigenvalue weighted by Gasteiger charge is 2.43. The van der Waals surface area contributed by atoms with Crippen LogP contribution in [0.1, 0.15) is 51.4 Å². The van der Waals surface area contributed by atoms with Gasteiger partial charge in [-0.1, -0.05) is 19.3 Å². The molecule has 5 rings (SSSR count). The normalized spacial score (nSPS) is 26.1. The number of ether oxygens (including phenoxy) is 1. The van der Waals surface area contributed by atoms with Crippen LogP contribution < -0.4 is 10.1 Å². The molecule has 0 spiro atoms. The predicted molar refractivity (Wildman–Crippen MR) is 126 cm³/mol. The second-order valence-corrected chi connectivity index (χ2v) is 10.5. The van der Waals surface area contributed by atoms with Gasteiger partial charge in [0.15, 0.2) is 0 Å². The smallest absolute Gasteiger partial charge is 0.401 e. The lowest BCUT2D eigenvalue weighted by Gasteiger charge is -2.20. The van der Waals surface area contributed by atoms with Crippen molar-refractivity contribution < 1.29 is 22.7 Å². The largest absolute Gasteiger partial charge is 0.494 e. The number of rotatable bonds is 7. The quantitative estimate of drug-likeness (QED) is 0.516. The van der Waals surface area contributed by atoms with E-state index >= 15 is 0 Å². The monoisotopic (exact) mass is 477 g/mol. The van der Waals surface area contributed by atoms with E-state index in [-0.39, 0.29) is 11.8 Å². The summed E-state index contributed by atoms with van der Waals surface area (Å²) in [5, 5.41) is 4.05. The average molecular weight is 478 g/mol. The molecule has 3 fully saturated rings. The summed E-state index contributed by atoms with van der Waals surface area (Å²) in [5.74, 6) is 2.27. The highest BCUT2D eigenvalue weighted by Crippen LogP contribution is 2.43. The third-order valence-electron chi connectivity index (χ3n) is 8.01. The zero-order valence-electron chi connectivity index (χ0n) is 19.5. The highest BCUT2D eigenvalue weighted by molar-refractivity contribution is 6.02. The third-order valence-corrected chi connectivity index (χ3v) is 8.01. The minimum atomic E-state index is -4.11. The van der Waals surface area contributed by atoms with Crippen LogP contribution >= 0.6 is 0 Å². The summed E-state index contributed by atoms with van der Waals surface area (Å²) in [4.78, 5) is 17.5. The fourth-order valence-corrected chi connectivity index (χ4v) is 6.38. The second-order valence-electron chi connectivity index (χ2n) is 10.5. The van der Waals surface area contributed by atoms with Gasteiger partial charge in [-0.3, -0.25) is 9.69 Å². The number of hydrogen-bond donors (Lipinski definition) is 2. The number of fused-ring (bicyclic) bond motifs is 2. The third kappa shape index (κ3) is 5.53. The van der Waals surface area contributed by atoms with E-state index in [1.54, 1.807) is 4.90 Å². The van der Waals surface area contributed by atoms with Gasteiger partial charge < -0.3 is 15.0 Å². The van der Waals surface area contributed by atoms with E-state index in [9.17, 15) is 18.0 Å². The standard InChI is InChI=1S/C26H34F3N3O2/c27-26(28,29)16-32-14-19-10-17(11-20(19)15-32)8-9-34-21-6-7-23-22(12-21)24(13-30-23)31-25(33)18-4-2-1-3-5-18/h6-7,12-13,17-20,30H,1-5,8-11,14-16H2,(H,31,33)/t17-,19-,20+.